The third kappa shape index (κ3) is 6.05. The number of aliphatic hydroxyl groups excluding tert-OH is 1. The first-order valence-corrected chi connectivity index (χ1v) is 22.8. The van der Waals surface area contributed by atoms with Gasteiger partial charge in [-0.25, -0.2) is 24.0 Å². The fourth-order valence-electron chi connectivity index (χ4n) is 11.7. The van der Waals surface area contributed by atoms with Crippen LogP contribution in [0.15, 0.2) is 30.3 Å². The Balaban J connectivity index is 1.13. The van der Waals surface area contributed by atoms with Crippen molar-refractivity contribution in [2.75, 3.05) is 13.2 Å². The van der Waals surface area contributed by atoms with Gasteiger partial charge in [-0.2, -0.15) is 0 Å². The highest BCUT2D eigenvalue weighted by molar-refractivity contribution is 6.09. The SMILES string of the molecule is O=C(O[C@@H]1O[C@@H]2COC(=O)c3cc(O)c(O)c(O)c3-c3c(cc(O)c(O)c3O)C(=O)O[C@@H]3[C@H]1OC(=O)c1cc(O)c(O)c4c1[C@@H]1C5(CC(=O)C(O)(O[C@]56C(=O)O[C@@H]5[C@@H](O)COC56O)[C@]1(O)O4)C(=O)O[C@@H]32)c1cc(O)c(O)c(O)c1. The molecule has 6 bridgehead atoms. The van der Waals surface area contributed by atoms with Crippen molar-refractivity contribution in [2.45, 2.75) is 78.2 Å². The first-order chi connectivity index (χ1) is 37.1. The van der Waals surface area contributed by atoms with E-state index >= 15 is 14.4 Å². The van der Waals surface area contributed by atoms with E-state index in [2.05, 4.69) is 0 Å². The van der Waals surface area contributed by atoms with Crippen LogP contribution in [-0.4, -0.2) is 197 Å². The Labute approximate surface area is 433 Å². The minimum absolute atomic E-state index is 0.311. The molecule has 13 atom stereocenters. The maximum atomic E-state index is 16.2. The van der Waals surface area contributed by atoms with Gasteiger partial charge in [0, 0.05) is 23.1 Å². The fraction of sp³-hybridized carbons (Fsp3) is 0.340. The molecular weight excluding hydrogens is 1080 g/mol. The van der Waals surface area contributed by atoms with Crippen molar-refractivity contribution in [2.24, 2.45) is 5.41 Å². The van der Waals surface area contributed by atoms with E-state index in [1.165, 1.54) is 0 Å². The monoisotopic (exact) mass is 1110 g/mol. The van der Waals surface area contributed by atoms with Crippen LogP contribution in [-0.2, 0) is 57.0 Å². The van der Waals surface area contributed by atoms with Gasteiger partial charge >= 0.3 is 35.8 Å². The van der Waals surface area contributed by atoms with E-state index in [4.69, 9.17) is 47.4 Å². The Morgan fingerprint density at radius 1 is 0.582 bits per heavy atom. The van der Waals surface area contributed by atoms with Crippen LogP contribution >= 0.6 is 0 Å². The zero-order chi connectivity index (χ0) is 56.9. The predicted octanol–water partition coefficient (Wildman–Crippen LogP) is -2.87. The smallest absolute Gasteiger partial charge is 0.346 e. The van der Waals surface area contributed by atoms with Crippen LogP contribution in [0.25, 0.3) is 11.1 Å². The molecule has 1 aliphatic carbocycles. The molecule has 32 nitrogen and oxygen atoms in total. The molecule has 0 aromatic heterocycles. The first kappa shape index (κ1) is 50.5. The van der Waals surface area contributed by atoms with Crippen LogP contribution < -0.4 is 4.74 Å². The van der Waals surface area contributed by atoms with Crippen molar-refractivity contribution in [1.82, 2.24) is 0 Å². The van der Waals surface area contributed by atoms with Crippen molar-refractivity contribution in [3.8, 4) is 80.1 Å². The second-order valence-corrected chi connectivity index (χ2v) is 19.2. The van der Waals surface area contributed by atoms with Crippen LogP contribution in [0.4, 0.5) is 0 Å². The minimum atomic E-state index is -4.05. The van der Waals surface area contributed by atoms with Gasteiger partial charge in [0.05, 0.1) is 34.8 Å². The molecule has 1 saturated carbocycles. The van der Waals surface area contributed by atoms with Crippen molar-refractivity contribution in [1.29, 1.82) is 0 Å². The number of ketones is 1. The lowest BCUT2D eigenvalue weighted by Crippen LogP contribution is -2.88. The minimum Gasteiger partial charge on any atom is -0.504 e. The Kier molecular flexibility index (Phi) is 10.2. The molecule has 32 heteroatoms. The summed E-state index contributed by atoms with van der Waals surface area (Å²) in [5.74, 6) is -43.9. The number of esters is 6. The summed E-state index contributed by atoms with van der Waals surface area (Å²) in [5, 5.41) is 167. The molecule has 414 valence electrons. The van der Waals surface area contributed by atoms with Crippen molar-refractivity contribution < 1.29 is 158 Å². The zero-order valence-electron chi connectivity index (χ0n) is 38.8. The van der Waals surface area contributed by atoms with E-state index in [-0.39, 0.29) is 0 Å². The molecular formula is C47H34O32. The number of Topliss-reactive ketones (excluding diaryl/α,β-unsaturated/α-hetero) is 1. The number of benzene rings is 4. The number of aromatic hydroxyl groups is 11. The average Bonchev–Trinajstić information content (AvgIpc) is 1.70. The standard InChI is InChI=1S/C47H34O32/c48-13-1-9(2-14(49)24(13)55)36(61)77-40-33-32-30(19(72-40)8-70-37(62)10-3-15(50)25(56)28(59)21(10)22-11(38(63)73-32)4-16(51)26(57)29(22)60)75-41(65)43-6-20(54)45(67,79-44(43)42(66)76-35-18(53)7-71-47(35,44)69)46(68)34(43)23-12(39(64)74-33)5-17(52)27(58)31(23)78-46/h1-5,18-19,30,32-35,40,48-53,55-60,67-69H,6-8H2/t18-,19+,30+,32-,33+,34+,35+,40-,43?,44+,45?,46+,47?/m0/s1. The normalized spacial score (nSPS) is 34.6. The lowest BCUT2D eigenvalue weighted by atomic mass is 9.47. The Bertz CT molecular complexity index is 3530. The number of cyclic esters (lactones) is 1. The topological polar surface area (TPSA) is 515 Å². The summed E-state index contributed by atoms with van der Waals surface area (Å²) in [6, 6.07) is 2.11. The van der Waals surface area contributed by atoms with Gasteiger partial charge in [-0.15, -0.1) is 0 Å². The van der Waals surface area contributed by atoms with Gasteiger partial charge in [-0.05, 0) is 30.3 Å². The molecule has 15 N–H and O–H groups in total. The Hall–Kier alpha value is -9.31. The van der Waals surface area contributed by atoms with E-state index < -0.39 is 246 Å². The second kappa shape index (κ2) is 15.9. The van der Waals surface area contributed by atoms with Gasteiger partial charge < -0.3 is 124 Å². The molecule has 0 amide bonds. The number of carbonyl (C=O) groups excluding carboxylic acids is 7. The molecule has 4 aromatic rings. The summed E-state index contributed by atoms with van der Waals surface area (Å²) in [4.78, 5) is 104. The van der Waals surface area contributed by atoms with Gasteiger partial charge in [0.25, 0.3) is 11.6 Å². The second-order valence-electron chi connectivity index (χ2n) is 19.2. The number of ether oxygens (including phenoxy) is 10. The number of rotatable bonds is 2. The Morgan fingerprint density at radius 3 is 1.77 bits per heavy atom. The van der Waals surface area contributed by atoms with Gasteiger partial charge in [0.1, 0.15) is 24.2 Å². The summed E-state index contributed by atoms with van der Waals surface area (Å²) in [7, 11) is 0. The molecule has 5 saturated heterocycles. The van der Waals surface area contributed by atoms with Gasteiger partial charge in [-0.3, -0.25) is 9.59 Å². The van der Waals surface area contributed by atoms with E-state index in [0.717, 1.165) is 0 Å². The van der Waals surface area contributed by atoms with Crippen molar-refractivity contribution in [3.63, 3.8) is 0 Å². The molecule has 0 radical (unpaired) electrons. The fourth-order valence-corrected chi connectivity index (χ4v) is 11.7. The van der Waals surface area contributed by atoms with E-state index in [1.807, 2.05) is 0 Å². The zero-order valence-corrected chi connectivity index (χ0v) is 38.8. The summed E-state index contributed by atoms with van der Waals surface area (Å²) >= 11 is 0. The Morgan fingerprint density at radius 2 is 1.14 bits per heavy atom. The van der Waals surface area contributed by atoms with Gasteiger partial charge in [0.15, 0.2) is 75.8 Å². The number of phenolic OH excluding ortho intramolecular Hbond substituents is 11. The lowest BCUT2D eigenvalue weighted by Gasteiger charge is -2.64. The van der Waals surface area contributed by atoms with Gasteiger partial charge in [-0.1, -0.05) is 0 Å². The van der Waals surface area contributed by atoms with Gasteiger partial charge in [0.2, 0.25) is 41.0 Å². The third-order valence-corrected chi connectivity index (χ3v) is 15.2. The summed E-state index contributed by atoms with van der Waals surface area (Å²) in [6.07, 6.45) is -19.5. The average molecular weight is 1110 g/mol. The first-order valence-electron chi connectivity index (χ1n) is 22.8. The number of aliphatic hydroxyl groups is 4. The van der Waals surface area contributed by atoms with Crippen LogP contribution in [0.5, 0.6) is 69.0 Å². The highest BCUT2D eigenvalue weighted by atomic mass is 16.8. The molecule has 4 aromatic carbocycles. The van der Waals surface area contributed by atoms with E-state index in [0.29, 0.717) is 30.3 Å². The van der Waals surface area contributed by atoms with E-state index in [1.54, 1.807) is 0 Å². The van der Waals surface area contributed by atoms with Crippen molar-refractivity contribution in [3.05, 3.63) is 58.1 Å². The number of fused-ring (bicyclic) bond motifs is 5. The van der Waals surface area contributed by atoms with E-state index in [9.17, 15) is 95.8 Å². The summed E-state index contributed by atoms with van der Waals surface area (Å²) in [5.41, 5.74) is -15.4. The lowest BCUT2D eigenvalue weighted by molar-refractivity contribution is -0.459. The van der Waals surface area contributed by atoms with Crippen molar-refractivity contribution >= 4 is 41.6 Å². The quantitative estimate of drug-likeness (QED) is 0.0545. The predicted molar refractivity (Wildman–Crippen MR) is 232 cm³/mol. The van der Waals surface area contributed by atoms with Crippen LogP contribution in [0.1, 0.15) is 59.3 Å². The molecule has 3 unspecified atom stereocenters. The molecule has 6 fully saturated rings. The van der Waals surface area contributed by atoms with Crippen LogP contribution in [0.2, 0.25) is 0 Å². The molecule has 8 aliphatic heterocycles. The molecule has 79 heavy (non-hydrogen) atoms. The molecule has 2 spiro atoms. The number of carbonyl (C=O) groups is 7. The maximum Gasteiger partial charge on any atom is 0.346 e. The molecule has 13 rings (SSSR count). The molecule has 9 aliphatic rings. The highest BCUT2D eigenvalue weighted by Crippen LogP contribution is 2.76. The number of hydrogen-bond acceptors (Lipinski definition) is 32. The molecule has 8 heterocycles. The van der Waals surface area contributed by atoms with Crippen LogP contribution in [0.3, 0.4) is 0 Å². The maximum absolute atomic E-state index is 16.2. The highest BCUT2D eigenvalue weighted by Gasteiger charge is 2.97. The largest absolute Gasteiger partial charge is 0.504 e. The number of hydrogen-bond donors (Lipinski definition) is 15. The van der Waals surface area contributed by atoms with Crippen LogP contribution in [0, 0.1) is 5.41 Å². The third-order valence-electron chi connectivity index (χ3n) is 15.2. The summed E-state index contributed by atoms with van der Waals surface area (Å²) in [6.45, 7) is -2.44. The summed E-state index contributed by atoms with van der Waals surface area (Å²) < 4.78 is 57.0. The number of phenols is 11.